The van der Waals surface area contributed by atoms with Gasteiger partial charge in [-0.05, 0) is 30.3 Å². The molecule has 13 heavy (non-hydrogen) atoms. The first-order valence-corrected chi connectivity index (χ1v) is 6.26. The van der Waals surface area contributed by atoms with Gasteiger partial charge >= 0.3 is 0 Å². The van der Waals surface area contributed by atoms with Crippen LogP contribution >= 0.6 is 11.8 Å². The first-order chi connectivity index (χ1) is 6.00. The highest BCUT2D eigenvalue weighted by Gasteiger charge is 2.25. The van der Waals surface area contributed by atoms with Crippen LogP contribution < -0.4 is 0 Å². The second-order valence-corrected chi connectivity index (χ2v) is 6.16. The quantitative estimate of drug-likeness (QED) is 0.681. The Bertz CT molecular complexity index is 175. The summed E-state index contributed by atoms with van der Waals surface area (Å²) >= 11 is 2.02. The van der Waals surface area contributed by atoms with Crippen LogP contribution in [0.2, 0.25) is 0 Å². The normalized spacial score (nSPS) is 20.2. The highest BCUT2D eigenvalue weighted by Crippen LogP contribution is 2.28. The van der Waals surface area contributed by atoms with Crippen LogP contribution in [0.5, 0.6) is 0 Å². The molecule has 0 spiro atoms. The average molecular weight is 200 g/mol. The molecule has 1 aliphatic rings. The third-order valence-electron chi connectivity index (χ3n) is 2.65. The Hall–Kier alpha value is 0.0200. The van der Waals surface area contributed by atoms with Crippen molar-refractivity contribution in [2.75, 3.05) is 11.5 Å². The van der Waals surface area contributed by atoms with Crippen LogP contribution in [0.4, 0.5) is 0 Å². The van der Waals surface area contributed by atoms with E-state index in [1.54, 1.807) is 0 Å². The topological polar surface area (TPSA) is 17.1 Å². The van der Waals surface area contributed by atoms with Gasteiger partial charge in [0, 0.05) is 11.8 Å². The number of thioether (sulfide) groups is 1. The van der Waals surface area contributed by atoms with Gasteiger partial charge in [0.15, 0.2) is 0 Å². The summed E-state index contributed by atoms with van der Waals surface area (Å²) in [7, 11) is 0. The molecule has 0 radical (unpaired) electrons. The Labute approximate surface area is 85.7 Å². The fraction of sp³-hybridized carbons (Fsp3) is 0.909. The van der Waals surface area contributed by atoms with Crippen molar-refractivity contribution < 1.29 is 4.79 Å². The van der Waals surface area contributed by atoms with Crippen molar-refractivity contribution in [2.24, 2.45) is 11.3 Å². The van der Waals surface area contributed by atoms with Crippen LogP contribution in [0, 0.1) is 11.3 Å². The molecule has 0 aromatic carbocycles. The second-order valence-electron chi connectivity index (χ2n) is 4.93. The number of Topliss-reactive ketones (excluding diaryl/α,β-unsaturated/α-hetero) is 1. The predicted molar refractivity (Wildman–Crippen MR) is 59.1 cm³/mol. The predicted octanol–water partition coefficient (Wildman–Crippen LogP) is 3.13. The van der Waals surface area contributed by atoms with Crippen LogP contribution in [0.25, 0.3) is 0 Å². The maximum atomic E-state index is 11.7. The first kappa shape index (κ1) is 11.1. The first-order valence-electron chi connectivity index (χ1n) is 5.11. The van der Waals surface area contributed by atoms with Gasteiger partial charge in [-0.2, -0.15) is 11.8 Å². The molecule has 1 fully saturated rings. The lowest BCUT2D eigenvalue weighted by Crippen LogP contribution is -2.24. The van der Waals surface area contributed by atoms with E-state index in [4.69, 9.17) is 0 Å². The minimum Gasteiger partial charge on any atom is -0.299 e. The van der Waals surface area contributed by atoms with Gasteiger partial charge in [0.25, 0.3) is 0 Å². The monoisotopic (exact) mass is 200 g/mol. The summed E-state index contributed by atoms with van der Waals surface area (Å²) in [5, 5.41) is 0. The van der Waals surface area contributed by atoms with Gasteiger partial charge in [-0.15, -0.1) is 0 Å². The summed E-state index contributed by atoms with van der Waals surface area (Å²) in [4.78, 5) is 11.7. The maximum absolute atomic E-state index is 11.7. The SMILES string of the molecule is CC(C)(C)C(=O)CC1CCSCC1. The largest absolute Gasteiger partial charge is 0.299 e. The smallest absolute Gasteiger partial charge is 0.138 e. The molecule has 0 atom stereocenters. The molecule has 0 unspecified atom stereocenters. The molecule has 2 heteroatoms. The third-order valence-corrected chi connectivity index (χ3v) is 3.70. The summed E-state index contributed by atoms with van der Waals surface area (Å²) in [6, 6.07) is 0. The minimum atomic E-state index is -0.134. The molecular formula is C11H20OS. The molecule has 0 N–H and O–H groups in total. The molecule has 1 rings (SSSR count). The van der Waals surface area contributed by atoms with Crippen molar-refractivity contribution in [1.82, 2.24) is 0 Å². The number of carbonyl (C=O) groups is 1. The minimum absolute atomic E-state index is 0.134. The van der Waals surface area contributed by atoms with Gasteiger partial charge in [-0.25, -0.2) is 0 Å². The summed E-state index contributed by atoms with van der Waals surface area (Å²) in [6.45, 7) is 6.06. The van der Waals surface area contributed by atoms with Gasteiger partial charge < -0.3 is 0 Å². The molecule has 0 bridgehead atoms. The van der Waals surface area contributed by atoms with E-state index < -0.39 is 0 Å². The lowest BCUT2D eigenvalue weighted by molar-refractivity contribution is -0.127. The molecule has 0 aromatic heterocycles. The van der Waals surface area contributed by atoms with E-state index in [2.05, 4.69) is 0 Å². The summed E-state index contributed by atoms with van der Waals surface area (Å²) in [5.41, 5.74) is -0.134. The zero-order valence-corrected chi connectivity index (χ0v) is 9.75. The van der Waals surface area contributed by atoms with E-state index in [9.17, 15) is 4.79 Å². The van der Waals surface area contributed by atoms with Crippen molar-refractivity contribution in [3.8, 4) is 0 Å². The van der Waals surface area contributed by atoms with Gasteiger partial charge in [-0.3, -0.25) is 4.79 Å². The number of rotatable bonds is 2. The standard InChI is InChI=1S/C11H20OS/c1-11(2,3)10(12)8-9-4-6-13-7-5-9/h9H,4-8H2,1-3H3. The Morgan fingerprint density at radius 3 is 2.31 bits per heavy atom. The van der Waals surface area contributed by atoms with Crippen LogP contribution in [0.15, 0.2) is 0 Å². The van der Waals surface area contributed by atoms with E-state index in [-0.39, 0.29) is 5.41 Å². The van der Waals surface area contributed by atoms with E-state index in [0.717, 1.165) is 6.42 Å². The van der Waals surface area contributed by atoms with E-state index in [0.29, 0.717) is 11.7 Å². The van der Waals surface area contributed by atoms with E-state index in [1.807, 2.05) is 32.5 Å². The Balaban J connectivity index is 2.35. The summed E-state index contributed by atoms with van der Waals surface area (Å²) in [6.07, 6.45) is 3.29. The van der Waals surface area contributed by atoms with Gasteiger partial charge in [0.1, 0.15) is 5.78 Å². The van der Waals surface area contributed by atoms with Crippen molar-refractivity contribution >= 4 is 17.5 Å². The van der Waals surface area contributed by atoms with Gasteiger partial charge in [0.05, 0.1) is 0 Å². The summed E-state index contributed by atoms with van der Waals surface area (Å²) < 4.78 is 0. The number of carbonyl (C=O) groups excluding carboxylic acids is 1. The molecule has 1 aliphatic heterocycles. The molecule has 1 nitrogen and oxygen atoms in total. The molecule has 0 saturated carbocycles. The number of ketones is 1. The van der Waals surface area contributed by atoms with Crippen molar-refractivity contribution in [1.29, 1.82) is 0 Å². The fourth-order valence-corrected chi connectivity index (χ4v) is 2.72. The molecular weight excluding hydrogens is 180 g/mol. The van der Waals surface area contributed by atoms with Crippen molar-refractivity contribution in [3.63, 3.8) is 0 Å². The molecule has 0 aromatic rings. The number of hydrogen-bond donors (Lipinski definition) is 0. The Morgan fingerprint density at radius 2 is 1.85 bits per heavy atom. The van der Waals surface area contributed by atoms with Crippen molar-refractivity contribution in [3.05, 3.63) is 0 Å². The van der Waals surface area contributed by atoms with Crippen LogP contribution in [0.1, 0.15) is 40.0 Å². The van der Waals surface area contributed by atoms with E-state index in [1.165, 1.54) is 24.3 Å². The fourth-order valence-electron chi connectivity index (χ4n) is 1.52. The Morgan fingerprint density at radius 1 is 1.31 bits per heavy atom. The van der Waals surface area contributed by atoms with Crippen LogP contribution in [-0.2, 0) is 4.79 Å². The third kappa shape index (κ3) is 3.72. The Kier molecular flexibility index (Phi) is 3.84. The molecule has 0 amide bonds. The molecule has 1 heterocycles. The van der Waals surface area contributed by atoms with E-state index >= 15 is 0 Å². The van der Waals surface area contributed by atoms with Crippen LogP contribution in [0.3, 0.4) is 0 Å². The zero-order valence-electron chi connectivity index (χ0n) is 8.93. The highest BCUT2D eigenvalue weighted by molar-refractivity contribution is 7.99. The lowest BCUT2D eigenvalue weighted by Gasteiger charge is -2.24. The van der Waals surface area contributed by atoms with Crippen LogP contribution in [-0.4, -0.2) is 17.3 Å². The second kappa shape index (κ2) is 4.50. The average Bonchev–Trinajstić information content (AvgIpc) is 2.04. The number of hydrogen-bond acceptors (Lipinski definition) is 2. The molecule has 76 valence electrons. The lowest BCUT2D eigenvalue weighted by atomic mass is 9.83. The highest BCUT2D eigenvalue weighted by atomic mass is 32.2. The van der Waals surface area contributed by atoms with Gasteiger partial charge in [0.2, 0.25) is 0 Å². The van der Waals surface area contributed by atoms with Gasteiger partial charge in [-0.1, -0.05) is 20.8 Å². The maximum Gasteiger partial charge on any atom is 0.138 e. The zero-order chi connectivity index (χ0) is 9.90. The van der Waals surface area contributed by atoms with Crippen molar-refractivity contribution in [2.45, 2.75) is 40.0 Å². The summed E-state index contributed by atoms with van der Waals surface area (Å²) in [5.74, 6) is 3.61. The molecule has 1 saturated heterocycles. The molecule has 0 aliphatic carbocycles.